The summed E-state index contributed by atoms with van der Waals surface area (Å²) in [6.45, 7) is 6.88. The first kappa shape index (κ1) is 10.9. The molecule has 0 saturated heterocycles. The van der Waals surface area contributed by atoms with Crippen molar-refractivity contribution in [3.05, 3.63) is 47.8 Å². The summed E-state index contributed by atoms with van der Waals surface area (Å²) >= 11 is 0. The zero-order chi connectivity index (χ0) is 10.6. The second kappa shape index (κ2) is 4.91. The number of hydrogen-bond donors (Lipinski definition) is 0. The van der Waals surface area contributed by atoms with E-state index in [0.29, 0.717) is 0 Å². The lowest BCUT2D eigenvalue weighted by atomic mass is 10.1. The van der Waals surface area contributed by atoms with Gasteiger partial charge in [0.15, 0.2) is 0 Å². The third-order valence-corrected chi connectivity index (χ3v) is 2.08. The van der Waals surface area contributed by atoms with Crippen molar-refractivity contribution in [1.29, 1.82) is 0 Å². The number of benzene rings is 1. The van der Waals surface area contributed by atoms with Crippen molar-refractivity contribution in [3.8, 4) is 0 Å². The lowest BCUT2D eigenvalue weighted by Gasteiger charge is -2.02. The fourth-order valence-electron chi connectivity index (χ4n) is 1.55. The smallest absolute Gasteiger partial charge is 0.128 e. The molecule has 1 heterocycles. The molecule has 0 amide bonds. The molecule has 0 saturated carbocycles. The van der Waals surface area contributed by atoms with E-state index < -0.39 is 0 Å². The minimum atomic E-state index is -0.0631. The van der Waals surface area contributed by atoms with E-state index in [1.165, 1.54) is 6.07 Å². The zero-order valence-corrected chi connectivity index (χ0v) is 8.76. The van der Waals surface area contributed by atoms with Crippen molar-refractivity contribution < 1.29 is 4.39 Å². The van der Waals surface area contributed by atoms with Crippen molar-refractivity contribution in [3.63, 3.8) is 0 Å². The fourth-order valence-corrected chi connectivity index (χ4v) is 1.55. The summed E-state index contributed by atoms with van der Waals surface area (Å²) in [6.07, 6.45) is 1.75. The highest BCUT2D eigenvalue weighted by atomic mass is 19.1. The van der Waals surface area contributed by atoms with E-state index in [2.05, 4.69) is 11.5 Å². The summed E-state index contributed by atoms with van der Waals surface area (Å²) in [5.41, 5.74) is 2.00. The Hall–Kier alpha value is -1.15. The van der Waals surface area contributed by atoms with E-state index in [4.69, 9.17) is 0 Å². The Morgan fingerprint density at radius 1 is 1.43 bits per heavy atom. The lowest BCUT2D eigenvalue weighted by molar-refractivity contribution is 0.350. The Morgan fingerprint density at radius 3 is 2.64 bits per heavy atom. The van der Waals surface area contributed by atoms with Crippen molar-refractivity contribution >= 4 is 0 Å². The van der Waals surface area contributed by atoms with Crippen LogP contribution in [0, 0.1) is 5.82 Å². The second-order valence-electron chi connectivity index (χ2n) is 3.46. The summed E-state index contributed by atoms with van der Waals surface area (Å²) < 4.78 is 13.0. The molecule has 0 N–H and O–H groups in total. The molecule has 14 heavy (non-hydrogen) atoms. The maximum absolute atomic E-state index is 13.0. The molecule has 0 spiro atoms. The van der Waals surface area contributed by atoms with Crippen LogP contribution in [-0.4, -0.2) is 11.9 Å². The molecule has 1 aromatic rings. The Labute approximate surface area is 84.9 Å². The van der Waals surface area contributed by atoms with Gasteiger partial charge >= 0.3 is 0 Å². The van der Waals surface area contributed by atoms with Crippen LogP contribution < -0.4 is 0 Å². The Morgan fingerprint density at radius 2 is 2.07 bits per heavy atom. The number of fused-ring (bicyclic) bond motifs is 1. The molecule has 0 radical (unpaired) electrons. The third kappa shape index (κ3) is 2.42. The van der Waals surface area contributed by atoms with Gasteiger partial charge in [0.05, 0.1) is 0 Å². The molecule has 0 unspecified atom stereocenters. The largest absolute Gasteiger partial charge is 0.298 e. The number of nitrogens with zero attached hydrogens (tertiary/aromatic N) is 1. The van der Waals surface area contributed by atoms with E-state index in [-0.39, 0.29) is 5.82 Å². The average molecular weight is 193 g/mol. The van der Waals surface area contributed by atoms with Crippen molar-refractivity contribution in [2.24, 2.45) is 0 Å². The minimum Gasteiger partial charge on any atom is -0.298 e. The van der Waals surface area contributed by atoms with Gasteiger partial charge in [0.25, 0.3) is 0 Å². The molecule has 2 heteroatoms. The number of halogens is 1. The van der Waals surface area contributed by atoms with Gasteiger partial charge in [0.2, 0.25) is 0 Å². The maximum atomic E-state index is 13.0. The summed E-state index contributed by atoms with van der Waals surface area (Å²) in [7, 11) is 2.00. The van der Waals surface area contributed by atoms with Gasteiger partial charge in [0, 0.05) is 18.7 Å². The molecular weight excluding hydrogens is 177 g/mol. The van der Waals surface area contributed by atoms with Crippen LogP contribution in [0.4, 0.5) is 4.39 Å². The van der Waals surface area contributed by atoms with Crippen LogP contribution in [-0.2, 0) is 13.1 Å². The molecule has 2 rings (SSSR count). The van der Waals surface area contributed by atoms with Gasteiger partial charge in [-0.05, 0) is 25.6 Å². The molecular formula is C12H16FN. The predicted octanol–water partition coefficient (Wildman–Crippen LogP) is 2.96. The van der Waals surface area contributed by atoms with E-state index >= 15 is 0 Å². The summed E-state index contributed by atoms with van der Waals surface area (Å²) in [5.74, 6) is -0.0631. The predicted molar refractivity (Wildman–Crippen MR) is 57.4 cm³/mol. The van der Waals surface area contributed by atoms with E-state index in [0.717, 1.165) is 24.2 Å². The second-order valence-corrected chi connectivity index (χ2v) is 3.46. The monoisotopic (exact) mass is 193 g/mol. The van der Waals surface area contributed by atoms with Gasteiger partial charge in [-0.1, -0.05) is 18.2 Å². The lowest BCUT2D eigenvalue weighted by Crippen LogP contribution is -2.07. The molecule has 0 bridgehead atoms. The quantitative estimate of drug-likeness (QED) is 0.572. The molecule has 0 atom stereocenters. The minimum absolute atomic E-state index is 0.0631. The van der Waals surface area contributed by atoms with Crippen LogP contribution in [0.25, 0.3) is 0 Å². The van der Waals surface area contributed by atoms with Crippen molar-refractivity contribution in [2.75, 3.05) is 7.05 Å². The van der Waals surface area contributed by atoms with Crippen LogP contribution in [0.15, 0.2) is 30.9 Å². The number of allylic oxidation sites excluding steroid dienone is 1. The average Bonchev–Trinajstić information content (AvgIpc) is 2.48. The fraction of sp³-hybridized carbons (Fsp3) is 0.333. The van der Waals surface area contributed by atoms with Crippen molar-refractivity contribution in [1.82, 2.24) is 4.90 Å². The van der Waals surface area contributed by atoms with Gasteiger partial charge in [0.1, 0.15) is 5.82 Å². The molecule has 76 valence electrons. The SMILES string of the molecule is C=CC.CN1Cc2cccc(F)c2C1. The Balaban J connectivity index is 0.000000293. The number of hydrogen-bond acceptors (Lipinski definition) is 1. The van der Waals surface area contributed by atoms with E-state index in [9.17, 15) is 4.39 Å². The van der Waals surface area contributed by atoms with E-state index in [1.54, 1.807) is 12.1 Å². The Kier molecular flexibility index (Phi) is 3.84. The third-order valence-electron chi connectivity index (χ3n) is 2.08. The topological polar surface area (TPSA) is 3.24 Å². The molecule has 1 aliphatic heterocycles. The first-order valence-electron chi connectivity index (χ1n) is 4.71. The maximum Gasteiger partial charge on any atom is 0.128 e. The van der Waals surface area contributed by atoms with E-state index in [1.807, 2.05) is 20.0 Å². The first-order valence-corrected chi connectivity index (χ1v) is 4.71. The summed E-state index contributed by atoms with van der Waals surface area (Å²) in [4.78, 5) is 2.10. The summed E-state index contributed by atoms with van der Waals surface area (Å²) in [6, 6.07) is 5.28. The van der Waals surface area contributed by atoms with Crippen LogP contribution in [0.2, 0.25) is 0 Å². The molecule has 0 aliphatic carbocycles. The Bertz CT molecular complexity index is 320. The van der Waals surface area contributed by atoms with Crippen LogP contribution in [0.3, 0.4) is 0 Å². The van der Waals surface area contributed by atoms with Gasteiger partial charge < -0.3 is 0 Å². The molecule has 0 aromatic heterocycles. The van der Waals surface area contributed by atoms with Gasteiger partial charge in [-0.3, -0.25) is 4.90 Å². The van der Waals surface area contributed by atoms with Crippen LogP contribution in [0.1, 0.15) is 18.1 Å². The zero-order valence-electron chi connectivity index (χ0n) is 8.76. The van der Waals surface area contributed by atoms with Gasteiger partial charge in [-0.15, -0.1) is 6.58 Å². The normalized spacial score (nSPS) is 14.2. The highest BCUT2D eigenvalue weighted by molar-refractivity contribution is 5.31. The molecule has 1 aliphatic rings. The van der Waals surface area contributed by atoms with Gasteiger partial charge in [-0.25, -0.2) is 4.39 Å². The van der Waals surface area contributed by atoms with Gasteiger partial charge in [-0.2, -0.15) is 0 Å². The number of rotatable bonds is 0. The van der Waals surface area contributed by atoms with Crippen molar-refractivity contribution in [2.45, 2.75) is 20.0 Å². The standard InChI is InChI=1S/C9H10FN.C3H6/c1-11-5-7-3-2-4-9(10)8(7)6-11;1-3-2/h2-4H,5-6H2,1H3;3H,1H2,2H3. The summed E-state index contributed by atoms with van der Waals surface area (Å²) in [5, 5.41) is 0. The highest BCUT2D eigenvalue weighted by Gasteiger charge is 2.17. The first-order chi connectivity index (χ1) is 6.69. The molecule has 0 fully saturated rings. The van der Waals surface area contributed by atoms with Crippen LogP contribution in [0.5, 0.6) is 0 Å². The molecule has 1 aromatic carbocycles. The van der Waals surface area contributed by atoms with Crippen LogP contribution >= 0.6 is 0 Å². The highest BCUT2D eigenvalue weighted by Crippen LogP contribution is 2.23. The molecule has 1 nitrogen and oxygen atoms in total.